The van der Waals surface area contributed by atoms with E-state index in [1.807, 2.05) is 0 Å². The summed E-state index contributed by atoms with van der Waals surface area (Å²) in [6.07, 6.45) is 10.6. The molecule has 2 amide bonds. The number of ketones is 1. The Morgan fingerprint density at radius 2 is 1.72 bits per heavy atom. The number of H-pyrrole nitrogens is 1. The second-order valence-corrected chi connectivity index (χ2v) is 9.96. The number of nitrogens with zero attached hydrogens (tertiary/aromatic N) is 1. The van der Waals surface area contributed by atoms with Crippen LogP contribution in [0.25, 0.3) is 10.9 Å². The molecule has 0 saturated heterocycles. The number of aromatic nitrogens is 1. The summed E-state index contributed by atoms with van der Waals surface area (Å²) in [6.45, 7) is -0.713. The number of Topliss-reactive ketones (excluding diaryl/α,β-unsaturated/α-hetero) is 1. The lowest BCUT2D eigenvalue weighted by Crippen LogP contribution is -2.58. The Hall–Kier alpha value is -3.36. The molecule has 1 unspecified atom stereocenters. The van der Waals surface area contributed by atoms with Gasteiger partial charge in [0.15, 0.2) is 0 Å². The van der Waals surface area contributed by atoms with Gasteiger partial charge in [0.2, 0.25) is 5.91 Å². The molecule has 9 heteroatoms. The smallest absolute Gasteiger partial charge is 0.323 e. The van der Waals surface area contributed by atoms with E-state index in [4.69, 9.17) is 4.74 Å². The van der Waals surface area contributed by atoms with Crippen molar-refractivity contribution in [3.05, 3.63) is 30.0 Å². The van der Waals surface area contributed by atoms with E-state index in [2.05, 4.69) is 10.3 Å². The first-order valence-electron chi connectivity index (χ1n) is 12.9. The van der Waals surface area contributed by atoms with Crippen LogP contribution in [0.4, 0.5) is 0 Å². The minimum absolute atomic E-state index is 0.0101. The number of carbonyl (C=O) groups is 4. The molecule has 2 aliphatic carbocycles. The van der Waals surface area contributed by atoms with Crippen molar-refractivity contribution in [3.63, 3.8) is 0 Å². The molecule has 0 bridgehead atoms. The molecule has 2 aromatic rings. The number of aromatic amines is 1. The lowest BCUT2D eigenvalue weighted by atomic mass is 9.82. The van der Waals surface area contributed by atoms with E-state index in [0.29, 0.717) is 29.5 Å². The van der Waals surface area contributed by atoms with Crippen LogP contribution < -0.4 is 10.1 Å². The number of benzene rings is 1. The van der Waals surface area contributed by atoms with Crippen LogP contribution in [0.15, 0.2) is 24.4 Å². The second kappa shape index (κ2) is 11.6. The highest BCUT2D eigenvalue weighted by Gasteiger charge is 2.41. The van der Waals surface area contributed by atoms with Crippen molar-refractivity contribution < 1.29 is 29.0 Å². The molecule has 36 heavy (non-hydrogen) atoms. The molecule has 4 rings (SSSR count). The topological polar surface area (TPSA) is 129 Å². The maximum Gasteiger partial charge on any atom is 0.323 e. The fraction of sp³-hybridized carbons (Fsp3) is 0.556. The predicted molar refractivity (Wildman–Crippen MR) is 134 cm³/mol. The highest BCUT2D eigenvalue weighted by Crippen LogP contribution is 2.31. The third kappa shape index (κ3) is 5.71. The van der Waals surface area contributed by atoms with Crippen molar-refractivity contribution in [2.45, 2.75) is 76.3 Å². The summed E-state index contributed by atoms with van der Waals surface area (Å²) in [5, 5.41) is 13.3. The molecular weight excluding hydrogens is 462 g/mol. The first-order valence-corrected chi connectivity index (χ1v) is 12.9. The minimum Gasteiger partial charge on any atom is -0.497 e. The number of nitrogens with one attached hydrogen (secondary N) is 2. The van der Waals surface area contributed by atoms with Crippen LogP contribution in [0.2, 0.25) is 0 Å². The number of methoxy groups -OCH3 is 1. The van der Waals surface area contributed by atoms with Crippen molar-refractivity contribution >= 4 is 34.5 Å². The molecular formula is C27H35N3O6. The Morgan fingerprint density at radius 1 is 1.06 bits per heavy atom. The lowest BCUT2D eigenvalue weighted by molar-refractivity contribution is -0.148. The SMILES string of the molecule is COc1ccc2[nH]cc(C(=O)C(=O)N(CC(=O)O)C(C(=O)NC3CCCCC3)C3CCCCC3)c2c1. The van der Waals surface area contributed by atoms with Gasteiger partial charge in [0.1, 0.15) is 18.3 Å². The fourth-order valence-corrected chi connectivity index (χ4v) is 5.70. The Kier molecular flexibility index (Phi) is 8.28. The van der Waals surface area contributed by atoms with Crippen molar-refractivity contribution in [3.8, 4) is 5.75 Å². The van der Waals surface area contributed by atoms with E-state index < -0.39 is 30.2 Å². The summed E-state index contributed by atoms with van der Waals surface area (Å²) in [5.74, 6) is -3.10. The van der Waals surface area contributed by atoms with Gasteiger partial charge in [0.25, 0.3) is 11.7 Å². The molecule has 1 heterocycles. The number of rotatable bonds is 9. The molecule has 2 fully saturated rings. The Labute approximate surface area is 210 Å². The average Bonchev–Trinajstić information content (AvgIpc) is 3.31. The number of carboxylic acid groups (broad SMARTS) is 1. The van der Waals surface area contributed by atoms with Crippen LogP contribution in [-0.4, -0.2) is 64.3 Å². The van der Waals surface area contributed by atoms with Gasteiger partial charge in [-0.2, -0.15) is 0 Å². The summed E-state index contributed by atoms with van der Waals surface area (Å²) < 4.78 is 5.26. The summed E-state index contributed by atoms with van der Waals surface area (Å²) in [6, 6.07) is 4.14. The summed E-state index contributed by atoms with van der Waals surface area (Å²) >= 11 is 0. The van der Waals surface area contributed by atoms with E-state index in [1.165, 1.54) is 13.3 Å². The van der Waals surface area contributed by atoms with Crippen LogP contribution in [-0.2, 0) is 14.4 Å². The molecule has 1 atom stereocenters. The molecule has 0 spiro atoms. The summed E-state index contributed by atoms with van der Waals surface area (Å²) in [5.41, 5.74) is 0.773. The second-order valence-electron chi connectivity index (χ2n) is 9.96. The van der Waals surface area contributed by atoms with Crippen LogP contribution in [0.3, 0.4) is 0 Å². The van der Waals surface area contributed by atoms with Gasteiger partial charge in [-0.1, -0.05) is 38.5 Å². The number of fused-ring (bicyclic) bond motifs is 1. The summed E-state index contributed by atoms with van der Waals surface area (Å²) in [7, 11) is 1.51. The van der Waals surface area contributed by atoms with Crippen LogP contribution in [0.1, 0.15) is 74.6 Å². The standard InChI is InChI=1S/C27H35N3O6/c1-36-19-12-13-22-20(14-19)21(15-28-22)25(33)27(35)30(16-23(31)32)24(17-8-4-2-5-9-17)26(34)29-18-10-6-3-7-11-18/h12-15,17-18,24,28H,2-11,16H2,1H3,(H,29,34)(H,31,32). The Morgan fingerprint density at radius 3 is 2.36 bits per heavy atom. The maximum absolute atomic E-state index is 13.6. The molecule has 1 aromatic heterocycles. The van der Waals surface area contributed by atoms with Crippen LogP contribution >= 0.6 is 0 Å². The fourth-order valence-electron chi connectivity index (χ4n) is 5.70. The van der Waals surface area contributed by atoms with Gasteiger partial charge in [0.05, 0.1) is 12.7 Å². The molecule has 2 saturated carbocycles. The van der Waals surface area contributed by atoms with E-state index >= 15 is 0 Å². The van der Waals surface area contributed by atoms with Crippen molar-refractivity contribution in [1.29, 1.82) is 0 Å². The quantitative estimate of drug-likeness (QED) is 0.358. The first-order chi connectivity index (χ1) is 17.4. The molecule has 3 N–H and O–H groups in total. The van der Waals surface area contributed by atoms with E-state index in [-0.39, 0.29) is 23.4 Å². The van der Waals surface area contributed by atoms with E-state index in [9.17, 15) is 24.3 Å². The number of hydrogen-bond donors (Lipinski definition) is 3. The number of carboxylic acids is 1. The molecule has 0 aliphatic heterocycles. The molecule has 0 radical (unpaired) electrons. The predicted octanol–water partition coefficient (Wildman–Crippen LogP) is 3.67. The molecule has 1 aromatic carbocycles. The monoisotopic (exact) mass is 497 g/mol. The Bertz CT molecular complexity index is 1110. The van der Waals surface area contributed by atoms with Gasteiger partial charge in [-0.25, -0.2) is 0 Å². The maximum atomic E-state index is 13.6. The van der Waals surface area contributed by atoms with Gasteiger partial charge in [-0.15, -0.1) is 0 Å². The zero-order valence-corrected chi connectivity index (χ0v) is 20.8. The number of ether oxygens (including phenoxy) is 1. The van der Waals surface area contributed by atoms with Gasteiger partial charge in [-0.3, -0.25) is 19.2 Å². The van der Waals surface area contributed by atoms with Crippen LogP contribution in [0, 0.1) is 5.92 Å². The highest BCUT2D eigenvalue weighted by molar-refractivity contribution is 6.45. The Balaban J connectivity index is 1.66. The number of carbonyl (C=O) groups excluding carboxylic acids is 3. The van der Waals surface area contributed by atoms with Gasteiger partial charge < -0.3 is 25.0 Å². The normalized spacial score (nSPS) is 17.9. The first kappa shape index (κ1) is 25.7. The van der Waals surface area contributed by atoms with Gasteiger partial charge >= 0.3 is 5.97 Å². The van der Waals surface area contributed by atoms with E-state index in [0.717, 1.165) is 56.3 Å². The van der Waals surface area contributed by atoms with Gasteiger partial charge in [0, 0.05) is 23.1 Å². The summed E-state index contributed by atoms with van der Waals surface area (Å²) in [4.78, 5) is 56.6. The van der Waals surface area contributed by atoms with Crippen molar-refractivity contribution in [1.82, 2.24) is 15.2 Å². The molecule has 2 aliphatic rings. The lowest BCUT2D eigenvalue weighted by Gasteiger charge is -2.38. The van der Waals surface area contributed by atoms with Crippen molar-refractivity contribution in [2.75, 3.05) is 13.7 Å². The zero-order chi connectivity index (χ0) is 25.7. The zero-order valence-electron chi connectivity index (χ0n) is 20.8. The third-order valence-electron chi connectivity index (χ3n) is 7.55. The van der Waals surface area contributed by atoms with Crippen molar-refractivity contribution in [2.24, 2.45) is 5.92 Å². The number of aliphatic carboxylic acids is 1. The minimum atomic E-state index is -1.26. The number of hydrogen-bond acceptors (Lipinski definition) is 5. The largest absolute Gasteiger partial charge is 0.497 e. The highest BCUT2D eigenvalue weighted by atomic mass is 16.5. The van der Waals surface area contributed by atoms with E-state index in [1.54, 1.807) is 18.2 Å². The molecule has 9 nitrogen and oxygen atoms in total. The third-order valence-corrected chi connectivity index (χ3v) is 7.55. The number of amides is 2. The van der Waals surface area contributed by atoms with Crippen LogP contribution in [0.5, 0.6) is 5.75 Å². The molecule has 194 valence electrons. The van der Waals surface area contributed by atoms with Gasteiger partial charge in [-0.05, 0) is 49.8 Å². The average molecular weight is 498 g/mol.